The van der Waals surface area contributed by atoms with Gasteiger partial charge in [0.05, 0.1) is 0 Å². The Morgan fingerprint density at radius 3 is 2.38 bits per heavy atom. The molecule has 2 rings (SSSR count). The maximum Gasteiger partial charge on any atom is 0.315 e. The Bertz CT molecular complexity index is 360. The van der Waals surface area contributed by atoms with Gasteiger partial charge in [0.2, 0.25) is 0 Å². The molecule has 0 aromatic rings. The number of aliphatic hydroxyl groups is 1. The summed E-state index contributed by atoms with van der Waals surface area (Å²) in [4.78, 5) is 14.5. The minimum absolute atomic E-state index is 0.0253. The van der Waals surface area contributed by atoms with Crippen molar-refractivity contribution in [1.29, 1.82) is 0 Å². The van der Waals surface area contributed by atoms with Crippen molar-refractivity contribution in [3.8, 4) is 0 Å². The Labute approximate surface area is 147 Å². The van der Waals surface area contributed by atoms with Gasteiger partial charge in [-0.2, -0.15) is 0 Å². The summed E-state index contributed by atoms with van der Waals surface area (Å²) in [5, 5.41) is 15.2. The van der Waals surface area contributed by atoms with Crippen LogP contribution in [0.3, 0.4) is 0 Å². The number of piperidine rings is 1. The quantitative estimate of drug-likeness (QED) is 0.625. The zero-order chi connectivity index (χ0) is 17.4. The van der Waals surface area contributed by atoms with Gasteiger partial charge in [-0.15, -0.1) is 0 Å². The smallest absolute Gasteiger partial charge is 0.315 e. The van der Waals surface area contributed by atoms with E-state index in [2.05, 4.69) is 29.4 Å². The molecule has 1 saturated carbocycles. The van der Waals surface area contributed by atoms with E-state index in [0.29, 0.717) is 5.92 Å². The molecule has 0 aromatic heterocycles. The average molecular weight is 340 g/mol. The van der Waals surface area contributed by atoms with Gasteiger partial charge in [-0.25, -0.2) is 4.79 Å². The molecule has 2 fully saturated rings. The predicted molar refractivity (Wildman–Crippen MR) is 98.0 cm³/mol. The second-order valence-electron chi connectivity index (χ2n) is 8.21. The van der Waals surface area contributed by atoms with Crippen molar-refractivity contribution in [3.05, 3.63) is 0 Å². The number of carbonyl (C=O) groups is 1. The number of likely N-dealkylation sites (tertiary alicyclic amines) is 1. The third kappa shape index (κ3) is 6.98. The van der Waals surface area contributed by atoms with Crippen LogP contribution in [0.4, 0.5) is 4.79 Å². The molecular weight excluding hydrogens is 302 g/mol. The summed E-state index contributed by atoms with van der Waals surface area (Å²) in [5.74, 6) is 2.07. The van der Waals surface area contributed by atoms with Crippen LogP contribution in [0.1, 0.15) is 58.8 Å². The monoisotopic (exact) mass is 339 g/mol. The SMILES string of the molecule is CC1CC(C)CN(CCCCNC(=O)NC2CCC(CO)CC2)C1. The van der Waals surface area contributed by atoms with Gasteiger partial charge in [0, 0.05) is 32.3 Å². The minimum Gasteiger partial charge on any atom is -0.396 e. The van der Waals surface area contributed by atoms with E-state index in [1.165, 1.54) is 19.5 Å². The largest absolute Gasteiger partial charge is 0.396 e. The molecule has 2 aliphatic rings. The fourth-order valence-corrected chi connectivity index (χ4v) is 4.36. The first-order valence-electron chi connectivity index (χ1n) is 9.94. The van der Waals surface area contributed by atoms with Crippen LogP contribution in [0.2, 0.25) is 0 Å². The third-order valence-electron chi connectivity index (χ3n) is 5.57. The fraction of sp³-hybridized carbons (Fsp3) is 0.947. The maximum absolute atomic E-state index is 11.9. The third-order valence-corrected chi connectivity index (χ3v) is 5.57. The van der Waals surface area contributed by atoms with E-state index in [1.54, 1.807) is 0 Å². The first kappa shape index (κ1) is 19.5. The van der Waals surface area contributed by atoms with E-state index in [0.717, 1.165) is 63.5 Å². The summed E-state index contributed by atoms with van der Waals surface area (Å²) in [6.07, 6.45) is 7.58. The summed E-state index contributed by atoms with van der Waals surface area (Å²) in [7, 11) is 0. The van der Waals surface area contributed by atoms with Crippen molar-refractivity contribution in [2.75, 3.05) is 32.8 Å². The Morgan fingerprint density at radius 1 is 1.08 bits per heavy atom. The van der Waals surface area contributed by atoms with Gasteiger partial charge in [0.25, 0.3) is 0 Å². The van der Waals surface area contributed by atoms with Crippen LogP contribution in [-0.2, 0) is 0 Å². The van der Waals surface area contributed by atoms with Crippen LogP contribution < -0.4 is 10.6 Å². The Morgan fingerprint density at radius 2 is 1.75 bits per heavy atom. The van der Waals surface area contributed by atoms with Crippen LogP contribution in [0.25, 0.3) is 0 Å². The van der Waals surface area contributed by atoms with Gasteiger partial charge < -0.3 is 20.6 Å². The molecule has 0 radical (unpaired) electrons. The molecule has 1 saturated heterocycles. The number of carbonyl (C=O) groups excluding carboxylic acids is 1. The van der Waals surface area contributed by atoms with Crippen LogP contribution in [-0.4, -0.2) is 54.9 Å². The lowest BCUT2D eigenvalue weighted by atomic mass is 9.87. The first-order chi connectivity index (χ1) is 11.6. The van der Waals surface area contributed by atoms with Crippen molar-refractivity contribution in [3.63, 3.8) is 0 Å². The zero-order valence-electron chi connectivity index (χ0n) is 15.6. The van der Waals surface area contributed by atoms with E-state index in [4.69, 9.17) is 5.11 Å². The maximum atomic E-state index is 11.9. The number of nitrogens with one attached hydrogen (secondary N) is 2. The number of aliphatic hydroxyl groups excluding tert-OH is 1. The van der Waals surface area contributed by atoms with Gasteiger partial charge in [0.1, 0.15) is 0 Å². The summed E-state index contributed by atoms with van der Waals surface area (Å²) in [6.45, 7) is 9.36. The highest BCUT2D eigenvalue weighted by Crippen LogP contribution is 2.23. The second kappa shape index (κ2) is 10.2. The highest BCUT2D eigenvalue weighted by molar-refractivity contribution is 5.74. The molecule has 2 atom stereocenters. The Balaban J connectivity index is 1.49. The lowest BCUT2D eigenvalue weighted by Crippen LogP contribution is -2.44. The molecular formula is C19H37N3O2. The Hall–Kier alpha value is -0.810. The van der Waals surface area contributed by atoms with E-state index < -0.39 is 0 Å². The molecule has 0 spiro atoms. The van der Waals surface area contributed by atoms with Crippen LogP contribution in [0.15, 0.2) is 0 Å². The standard InChI is InChI=1S/C19H37N3O2/c1-15-11-16(2)13-22(12-15)10-4-3-9-20-19(24)21-18-7-5-17(14-23)6-8-18/h15-18,23H,3-14H2,1-2H3,(H2,20,21,24). The van der Waals surface area contributed by atoms with Crippen molar-refractivity contribution in [2.45, 2.75) is 64.8 Å². The second-order valence-corrected chi connectivity index (χ2v) is 8.21. The number of rotatable bonds is 7. The van der Waals surface area contributed by atoms with Crippen molar-refractivity contribution < 1.29 is 9.90 Å². The zero-order valence-corrected chi connectivity index (χ0v) is 15.6. The topological polar surface area (TPSA) is 64.6 Å². The van der Waals surface area contributed by atoms with E-state index in [1.807, 2.05) is 0 Å². The molecule has 5 nitrogen and oxygen atoms in total. The lowest BCUT2D eigenvalue weighted by Gasteiger charge is -2.34. The average Bonchev–Trinajstić information content (AvgIpc) is 2.54. The summed E-state index contributed by atoms with van der Waals surface area (Å²) in [6, 6.07) is 0.256. The minimum atomic E-state index is -0.0253. The molecule has 0 aromatic carbocycles. The predicted octanol–water partition coefficient (Wildman–Crippen LogP) is 2.59. The lowest BCUT2D eigenvalue weighted by molar-refractivity contribution is 0.139. The molecule has 24 heavy (non-hydrogen) atoms. The van der Waals surface area contributed by atoms with Gasteiger partial charge >= 0.3 is 6.03 Å². The van der Waals surface area contributed by atoms with Crippen LogP contribution in [0.5, 0.6) is 0 Å². The number of hydrogen-bond donors (Lipinski definition) is 3. The van der Waals surface area contributed by atoms with Crippen molar-refractivity contribution in [1.82, 2.24) is 15.5 Å². The molecule has 2 amide bonds. The van der Waals surface area contributed by atoms with Crippen molar-refractivity contribution in [2.24, 2.45) is 17.8 Å². The fourth-order valence-electron chi connectivity index (χ4n) is 4.36. The first-order valence-corrected chi connectivity index (χ1v) is 9.94. The number of unbranched alkanes of at least 4 members (excludes halogenated alkanes) is 1. The number of hydrogen-bond acceptors (Lipinski definition) is 3. The number of nitrogens with zero attached hydrogens (tertiary/aromatic N) is 1. The molecule has 0 bridgehead atoms. The van der Waals surface area contributed by atoms with Gasteiger partial charge in [-0.3, -0.25) is 0 Å². The van der Waals surface area contributed by atoms with Gasteiger partial charge in [0.15, 0.2) is 0 Å². The number of urea groups is 1. The molecule has 140 valence electrons. The van der Waals surface area contributed by atoms with E-state index >= 15 is 0 Å². The normalized spacial score (nSPS) is 31.6. The van der Waals surface area contributed by atoms with Crippen LogP contribution >= 0.6 is 0 Å². The molecule has 5 heteroatoms. The number of amides is 2. The highest BCUT2D eigenvalue weighted by atomic mass is 16.3. The summed E-state index contributed by atoms with van der Waals surface area (Å²) in [5.41, 5.74) is 0. The molecule has 2 unspecified atom stereocenters. The van der Waals surface area contributed by atoms with E-state index in [-0.39, 0.29) is 18.7 Å². The molecule has 1 aliphatic carbocycles. The molecule has 1 heterocycles. The van der Waals surface area contributed by atoms with Gasteiger partial charge in [-0.1, -0.05) is 13.8 Å². The summed E-state index contributed by atoms with van der Waals surface area (Å²) >= 11 is 0. The van der Waals surface area contributed by atoms with Crippen LogP contribution in [0, 0.1) is 17.8 Å². The van der Waals surface area contributed by atoms with E-state index in [9.17, 15) is 4.79 Å². The molecule has 3 N–H and O–H groups in total. The van der Waals surface area contributed by atoms with Gasteiger partial charge in [-0.05, 0) is 69.2 Å². The Kier molecular flexibility index (Phi) is 8.33. The molecule has 1 aliphatic heterocycles. The highest BCUT2D eigenvalue weighted by Gasteiger charge is 2.22. The van der Waals surface area contributed by atoms with Crippen molar-refractivity contribution >= 4 is 6.03 Å². The summed E-state index contributed by atoms with van der Waals surface area (Å²) < 4.78 is 0.